The van der Waals surface area contributed by atoms with Crippen molar-refractivity contribution in [3.8, 4) is 6.07 Å². The van der Waals surface area contributed by atoms with Crippen molar-refractivity contribution in [3.05, 3.63) is 36.0 Å². The van der Waals surface area contributed by atoms with Crippen molar-refractivity contribution in [3.63, 3.8) is 0 Å². The van der Waals surface area contributed by atoms with Gasteiger partial charge < -0.3 is 10.2 Å². The van der Waals surface area contributed by atoms with Crippen molar-refractivity contribution in [1.29, 1.82) is 5.26 Å². The number of nitriles is 1. The van der Waals surface area contributed by atoms with Crippen molar-refractivity contribution >= 4 is 28.6 Å². The quantitative estimate of drug-likeness (QED) is 0.859. The van der Waals surface area contributed by atoms with Crippen LogP contribution in [0.1, 0.15) is 35.4 Å². The molecule has 1 saturated heterocycles. The SMILES string of the molecule is CC(=O)n1ccc2ccc(C(=O)NC3CC(C)N(CC#N)C3=O)cc21. The Morgan fingerprint density at radius 1 is 1.36 bits per heavy atom. The fourth-order valence-corrected chi connectivity index (χ4v) is 3.20. The van der Waals surface area contributed by atoms with Gasteiger partial charge >= 0.3 is 0 Å². The van der Waals surface area contributed by atoms with Crippen LogP contribution in [0.2, 0.25) is 0 Å². The Labute approximate surface area is 144 Å². The molecule has 1 aliphatic rings. The van der Waals surface area contributed by atoms with Gasteiger partial charge in [0.05, 0.1) is 11.6 Å². The summed E-state index contributed by atoms with van der Waals surface area (Å²) >= 11 is 0. The van der Waals surface area contributed by atoms with E-state index in [2.05, 4.69) is 5.32 Å². The summed E-state index contributed by atoms with van der Waals surface area (Å²) in [6.45, 7) is 3.33. The number of nitrogens with zero attached hydrogens (tertiary/aromatic N) is 3. The summed E-state index contributed by atoms with van der Waals surface area (Å²) in [7, 11) is 0. The molecule has 128 valence electrons. The Balaban J connectivity index is 1.81. The zero-order chi connectivity index (χ0) is 18.1. The number of carbonyl (C=O) groups excluding carboxylic acids is 3. The first-order valence-corrected chi connectivity index (χ1v) is 8.02. The molecule has 1 aliphatic heterocycles. The third-order valence-electron chi connectivity index (χ3n) is 4.53. The summed E-state index contributed by atoms with van der Waals surface area (Å²) in [4.78, 5) is 37.9. The maximum absolute atomic E-state index is 12.5. The lowest BCUT2D eigenvalue weighted by atomic mass is 10.1. The predicted octanol–water partition coefficient (Wildman–Crippen LogP) is 1.54. The smallest absolute Gasteiger partial charge is 0.252 e. The molecule has 1 fully saturated rings. The minimum absolute atomic E-state index is 0.0183. The third kappa shape index (κ3) is 2.98. The van der Waals surface area contributed by atoms with Crippen molar-refractivity contribution in [2.24, 2.45) is 0 Å². The van der Waals surface area contributed by atoms with E-state index in [9.17, 15) is 14.4 Å². The molecule has 1 aromatic heterocycles. The number of nitrogens with one attached hydrogen (secondary N) is 1. The molecule has 0 saturated carbocycles. The molecular weight excluding hydrogens is 320 g/mol. The van der Waals surface area contributed by atoms with Crippen LogP contribution in [-0.2, 0) is 4.79 Å². The van der Waals surface area contributed by atoms with Crippen LogP contribution in [0.4, 0.5) is 0 Å². The van der Waals surface area contributed by atoms with Gasteiger partial charge in [0.25, 0.3) is 5.91 Å². The highest BCUT2D eigenvalue weighted by atomic mass is 16.2. The van der Waals surface area contributed by atoms with Gasteiger partial charge in [-0.1, -0.05) is 6.07 Å². The number of hydrogen-bond donors (Lipinski definition) is 1. The first kappa shape index (κ1) is 16.7. The molecule has 1 N–H and O–H groups in total. The number of carbonyl (C=O) groups is 3. The second-order valence-electron chi connectivity index (χ2n) is 6.21. The summed E-state index contributed by atoms with van der Waals surface area (Å²) in [5, 5.41) is 12.4. The molecule has 0 aliphatic carbocycles. The fraction of sp³-hybridized carbons (Fsp3) is 0.333. The highest BCUT2D eigenvalue weighted by Gasteiger charge is 2.37. The molecular formula is C18H18N4O3. The summed E-state index contributed by atoms with van der Waals surface area (Å²) in [6, 6.07) is 8.13. The molecule has 0 bridgehead atoms. The number of benzene rings is 1. The number of likely N-dealkylation sites (tertiary alicyclic amines) is 1. The second-order valence-corrected chi connectivity index (χ2v) is 6.21. The largest absolute Gasteiger partial charge is 0.340 e. The lowest BCUT2D eigenvalue weighted by molar-refractivity contribution is -0.129. The number of hydrogen-bond acceptors (Lipinski definition) is 4. The molecule has 7 heteroatoms. The van der Waals surface area contributed by atoms with E-state index in [0.29, 0.717) is 17.5 Å². The van der Waals surface area contributed by atoms with E-state index < -0.39 is 6.04 Å². The standard InChI is InChI=1S/C18H18N4O3/c1-11-9-15(18(25)21(11)8-6-19)20-17(24)14-4-3-13-5-7-22(12(2)23)16(13)10-14/h3-5,7,10-11,15H,8-9H2,1-2H3,(H,20,24). The van der Waals surface area contributed by atoms with Crippen LogP contribution >= 0.6 is 0 Å². The number of aromatic nitrogens is 1. The Morgan fingerprint density at radius 2 is 2.12 bits per heavy atom. The first-order chi connectivity index (χ1) is 11.9. The normalized spacial score (nSPS) is 19.9. The van der Waals surface area contributed by atoms with Crippen LogP contribution in [0.15, 0.2) is 30.5 Å². The maximum atomic E-state index is 12.5. The van der Waals surface area contributed by atoms with Crippen LogP contribution < -0.4 is 5.32 Å². The summed E-state index contributed by atoms with van der Waals surface area (Å²) in [5.41, 5.74) is 1.03. The fourth-order valence-electron chi connectivity index (χ4n) is 3.20. The van der Waals surface area contributed by atoms with E-state index in [1.807, 2.05) is 13.0 Å². The second kappa shape index (κ2) is 6.40. The van der Waals surface area contributed by atoms with Crippen molar-refractivity contribution < 1.29 is 14.4 Å². The Kier molecular flexibility index (Phi) is 4.28. The highest BCUT2D eigenvalue weighted by Crippen LogP contribution is 2.21. The molecule has 0 spiro atoms. The van der Waals surface area contributed by atoms with Gasteiger partial charge in [-0.25, -0.2) is 0 Å². The molecule has 2 heterocycles. The topological polar surface area (TPSA) is 95.2 Å². The van der Waals surface area contributed by atoms with Crippen molar-refractivity contribution in [1.82, 2.24) is 14.8 Å². The predicted molar refractivity (Wildman–Crippen MR) is 90.9 cm³/mol. The van der Waals surface area contributed by atoms with Crippen LogP contribution in [0.25, 0.3) is 10.9 Å². The minimum Gasteiger partial charge on any atom is -0.340 e. The molecule has 2 aromatic rings. The van der Waals surface area contributed by atoms with Crippen LogP contribution in [0.5, 0.6) is 0 Å². The van der Waals surface area contributed by atoms with Crippen LogP contribution in [0.3, 0.4) is 0 Å². The van der Waals surface area contributed by atoms with Gasteiger partial charge in [-0.2, -0.15) is 5.26 Å². The highest BCUT2D eigenvalue weighted by molar-refractivity contribution is 6.02. The zero-order valence-corrected chi connectivity index (χ0v) is 14.0. The molecule has 7 nitrogen and oxygen atoms in total. The molecule has 3 rings (SSSR count). The van der Waals surface area contributed by atoms with Gasteiger partial charge in [-0.15, -0.1) is 0 Å². The van der Waals surface area contributed by atoms with Gasteiger partial charge in [0.15, 0.2) is 0 Å². The van der Waals surface area contributed by atoms with E-state index in [0.717, 1.165) is 5.39 Å². The van der Waals surface area contributed by atoms with Crippen molar-refractivity contribution in [2.75, 3.05) is 6.54 Å². The average molecular weight is 338 g/mol. The minimum atomic E-state index is -0.633. The molecule has 2 unspecified atom stereocenters. The van der Waals surface area contributed by atoms with Gasteiger partial charge in [0, 0.05) is 30.1 Å². The van der Waals surface area contributed by atoms with Gasteiger partial charge in [0.1, 0.15) is 12.6 Å². The van der Waals surface area contributed by atoms with Crippen LogP contribution in [0, 0.1) is 11.3 Å². The molecule has 25 heavy (non-hydrogen) atoms. The molecule has 2 atom stereocenters. The molecule has 0 radical (unpaired) electrons. The Hall–Kier alpha value is -3.14. The number of fused-ring (bicyclic) bond motifs is 1. The summed E-state index contributed by atoms with van der Waals surface area (Å²) in [5.74, 6) is -0.752. The first-order valence-electron chi connectivity index (χ1n) is 8.02. The van der Waals surface area contributed by atoms with Gasteiger partial charge in [-0.05, 0) is 31.5 Å². The third-order valence-corrected chi connectivity index (χ3v) is 4.53. The van der Waals surface area contributed by atoms with E-state index >= 15 is 0 Å². The van der Waals surface area contributed by atoms with E-state index in [1.165, 1.54) is 16.4 Å². The van der Waals surface area contributed by atoms with Crippen molar-refractivity contribution in [2.45, 2.75) is 32.4 Å². The lowest BCUT2D eigenvalue weighted by Gasteiger charge is -2.17. The monoisotopic (exact) mass is 338 g/mol. The Morgan fingerprint density at radius 3 is 2.80 bits per heavy atom. The van der Waals surface area contributed by atoms with Gasteiger partial charge in [-0.3, -0.25) is 19.0 Å². The van der Waals surface area contributed by atoms with Crippen LogP contribution in [-0.4, -0.2) is 45.8 Å². The lowest BCUT2D eigenvalue weighted by Crippen LogP contribution is -2.41. The Bertz CT molecular complexity index is 909. The molecule has 1 aromatic carbocycles. The number of rotatable bonds is 3. The van der Waals surface area contributed by atoms with E-state index in [4.69, 9.17) is 5.26 Å². The zero-order valence-electron chi connectivity index (χ0n) is 14.0. The van der Waals surface area contributed by atoms with E-state index in [1.54, 1.807) is 30.5 Å². The average Bonchev–Trinajstić information content (AvgIpc) is 3.11. The van der Waals surface area contributed by atoms with E-state index in [-0.39, 0.29) is 30.3 Å². The van der Waals surface area contributed by atoms with Gasteiger partial charge in [0.2, 0.25) is 11.8 Å². The summed E-state index contributed by atoms with van der Waals surface area (Å²) < 4.78 is 1.48. The number of amides is 2. The maximum Gasteiger partial charge on any atom is 0.252 e. The summed E-state index contributed by atoms with van der Waals surface area (Å²) in [6.07, 6.45) is 2.13. The molecule has 2 amide bonds.